The topological polar surface area (TPSA) is 102 Å². The van der Waals surface area contributed by atoms with Crippen molar-refractivity contribution in [3.63, 3.8) is 0 Å². The van der Waals surface area contributed by atoms with Crippen LogP contribution in [0.15, 0.2) is 60.7 Å². The van der Waals surface area contributed by atoms with E-state index in [2.05, 4.69) is 10.7 Å². The highest BCUT2D eigenvalue weighted by Gasteiger charge is 2.48. The lowest BCUT2D eigenvalue weighted by Gasteiger charge is -2.34. The summed E-state index contributed by atoms with van der Waals surface area (Å²) in [6.45, 7) is 3.77. The molecule has 0 spiro atoms. The molecule has 5 amide bonds. The van der Waals surface area contributed by atoms with Crippen LogP contribution in [0.2, 0.25) is 0 Å². The van der Waals surface area contributed by atoms with Gasteiger partial charge in [0.05, 0.1) is 6.54 Å². The molecule has 4 rings (SSSR count). The van der Waals surface area contributed by atoms with Crippen LogP contribution in [0, 0.1) is 0 Å². The molecule has 9 nitrogen and oxygen atoms in total. The molecule has 2 saturated heterocycles. The zero-order chi connectivity index (χ0) is 24.1. The molecule has 178 valence electrons. The highest BCUT2D eigenvalue weighted by molar-refractivity contribution is 6.07. The number of benzene rings is 2. The number of piperazine rings is 1. The Hall–Kier alpha value is -3.72. The maximum Gasteiger partial charge on any atom is 0.344 e. The predicted octanol–water partition coefficient (Wildman–Crippen LogP) is 1.42. The lowest BCUT2D eigenvalue weighted by Crippen LogP contribution is -2.54. The number of amides is 5. The molecule has 2 aliphatic rings. The second-order valence-electron chi connectivity index (χ2n) is 8.86. The average Bonchev–Trinajstić information content (AvgIpc) is 3.07. The second kappa shape index (κ2) is 10.0. The molecule has 34 heavy (non-hydrogen) atoms. The van der Waals surface area contributed by atoms with E-state index in [0.717, 1.165) is 10.6 Å². The molecular formula is C25H29N5O4. The number of aryl methyl sites for hydroxylation is 1. The van der Waals surface area contributed by atoms with Crippen LogP contribution in [0.1, 0.15) is 29.3 Å². The van der Waals surface area contributed by atoms with E-state index in [1.807, 2.05) is 53.4 Å². The van der Waals surface area contributed by atoms with Crippen LogP contribution < -0.4 is 10.7 Å². The Morgan fingerprint density at radius 2 is 1.56 bits per heavy atom. The van der Waals surface area contributed by atoms with E-state index in [4.69, 9.17) is 0 Å². The van der Waals surface area contributed by atoms with Gasteiger partial charge in [-0.25, -0.2) is 4.79 Å². The van der Waals surface area contributed by atoms with Crippen molar-refractivity contribution >= 4 is 23.8 Å². The van der Waals surface area contributed by atoms with Crippen LogP contribution in [0.3, 0.4) is 0 Å². The third-order valence-electron chi connectivity index (χ3n) is 6.30. The van der Waals surface area contributed by atoms with Crippen LogP contribution in [0.5, 0.6) is 0 Å². The zero-order valence-corrected chi connectivity index (χ0v) is 19.2. The van der Waals surface area contributed by atoms with Crippen LogP contribution >= 0.6 is 0 Å². The highest BCUT2D eigenvalue weighted by Crippen LogP contribution is 2.22. The van der Waals surface area contributed by atoms with Crippen molar-refractivity contribution in [2.24, 2.45) is 0 Å². The molecule has 0 aromatic heterocycles. The number of imide groups is 1. The number of hydrazine groups is 1. The minimum absolute atomic E-state index is 0.0289. The van der Waals surface area contributed by atoms with Gasteiger partial charge in [0.15, 0.2) is 0 Å². The molecule has 2 heterocycles. The van der Waals surface area contributed by atoms with Gasteiger partial charge in [0.2, 0.25) is 0 Å². The van der Waals surface area contributed by atoms with Gasteiger partial charge in [-0.3, -0.25) is 24.7 Å². The SMILES string of the molecule is CC1(CCc2ccccc2)NC(=O)N(NC(=O)CN2CCN(C(=O)c3ccccc3)CC2)C1=O. The first-order chi connectivity index (χ1) is 16.4. The lowest BCUT2D eigenvalue weighted by molar-refractivity contribution is -0.139. The van der Waals surface area contributed by atoms with E-state index in [1.165, 1.54) is 0 Å². The maximum absolute atomic E-state index is 12.9. The van der Waals surface area contributed by atoms with Crippen LogP contribution in [-0.4, -0.2) is 76.8 Å². The Morgan fingerprint density at radius 1 is 0.941 bits per heavy atom. The molecule has 0 bridgehead atoms. The largest absolute Gasteiger partial charge is 0.344 e. The number of hydrogen-bond acceptors (Lipinski definition) is 5. The molecule has 2 aromatic carbocycles. The van der Waals surface area contributed by atoms with E-state index >= 15 is 0 Å². The zero-order valence-electron chi connectivity index (χ0n) is 19.2. The van der Waals surface area contributed by atoms with Crippen molar-refractivity contribution in [2.75, 3.05) is 32.7 Å². The summed E-state index contributed by atoms with van der Waals surface area (Å²) in [6, 6.07) is 18.2. The lowest BCUT2D eigenvalue weighted by atomic mass is 9.93. The summed E-state index contributed by atoms with van der Waals surface area (Å²) < 4.78 is 0. The Balaban J connectivity index is 1.26. The molecular weight excluding hydrogens is 434 g/mol. The number of rotatable bonds is 7. The molecule has 2 aliphatic heterocycles. The van der Waals surface area contributed by atoms with Gasteiger partial charge < -0.3 is 10.2 Å². The third-order valence-corrected chi connectivity index (χ3v) is 6.30. The van der Waals surface area contributed by atoms with Crippen molar-refractivity contribution in [2.45, 2.75) is 25.3 Å². The van der Waals surface area contributed by atoms with Gasteiger partial charge in [0.25, 0.3) is 17.7 Å². The molecule has 0 aliphatic carbocycles. The number of nitrogens with zero attached hydrogens (tertiary/aromatic N) is 3. The van der Waals surface area contributed by atoms with Gasteiger partial charge >= 0.3 is 6.03 Å². The van der Waals surface area contributed by atoms with E-state index < -0.39 is 23.4 Å². The number of urea groups is 1. The maximum atomic E-state index is 12.9. The minimum atomic E-state index is -1.08. The summed E-state index contributed by atoms with van der Waals surface area (Å²) >= 11 is 0. The van der Waals surface area contributed by atoms with Gasteiger partial charge in [-0.2, -0.15) is 5.01 Å². The summed E-state index contributed by atoms with van der Waals surface area (Å²) in [5, 5.41) is 3.49. The van der Waals surface area contributed by atoms with Crippen molar-refractivity contribution in [3.8, 4) is 0 Å². The van der Waals surface area contributed by atoms with Crippen molar-refractivity contribution in [3.05, 3.63) is 71.8 Å². The standard InChI is InChI=1S/C25H29N5O4/c1-25(13-12-19-8-4-2-5-9-19)23(33)30(24(34)26-25)27-21(31)18-28-14-16-29(17-15-28)22(32)20-10-6-3-7-11-20/h2-11H,12-18H2,1H3,(H,26,34)(H,27,31). The number of carbonyl (C=O) groups excluding carboxylic acids is 4. The number of nitrogens with one attached hydrogen (secondary N) is 2. The third kappa shape index (κ3) is 5.26. The molecule has 2 fully saturated rings. The van der Waals surface area contributed by atoms with Crippen molar-refractivity contribution in [1.82, 2.24) is 25.6 Å². The van der Waals surface area contributed by atoms with E-state index in [1.54, 1.807) is 24.0 Å². The Labute approximate surface area is 198 Å². The van der Waals surface area contributed by atoms with E-state index in [9.17, 15) is 19.2 Å². The van der Waals surface area contributed by atoms with Crippen LogP contribution in [0.4, 0.5) is 4.79 Å². The van der Waals surface area contributed by atoms with E-state index in [0.29, 0.717) is 44.6 Å². The van der Waals surface area contributed by atoms with Crippen LogP contribution in [0.25, 0.3) is 0 Å². The van der Waals surface area contributed by atoms with Crippen molar-refractivity contribution < 1.29 is 19.2 Å². The summed E-state index contributed by atoms with van der Waals surface area (Å²) in [4.78, 5) is 54.1. The molecule has 9 heteroatoms. The van der Waals surface area contributed by atoms with Gasteiger partial charge in [-0.1, -0.05) is 48.5 Å². The Kier molecular flexibility index (Phi) is 6.93. The predicted molar refractivity (Wildman–Crippen MR) is 125 cm³/mol. The smallest absolute Gasteiger partial charge is 0.336 e. The Morgan fingerprint density at radius 3 is 2.21 bits per heavy atom. The first-order valence-corrected chi connectivity index (χ1v) is 11.4. The van der Waals surface area contributed by atoms with Crippen LogP contribution in [-0.2, 0) is 16.0 Å². The summed E-state index contributed by atoms with van der Waals surface area (Å²) in [5.41, 5.74) is 3.08. The normalized spacial score (nSPS) is 20.9. The number of carbonyl (C=O) groups is 4. The first-order valence-electron chi connectivity index (χ1n) is 11.4. The molecule has 0 saturated carbocycles. The number of hydrogen-bond donors (Lipinski definition) is 2. The van der Waals surface area contributed by atoms with Crippen molar-refractivity contribution in [1.29, 1.82) is 0 Å². The first kappa shape index (κ1) is 23.4. The summed E-state index contributed by atoms with van der Waals surface area (Å²) in [6.07, 6.45) is 1.04. The summed E-state index contributed by atoms with van der Waals surface area (Å²) in [5.74, 6) is -0.947. The average molecular weight is 464 g/mol. The fourth-order valence-electron chi connectivity index (χ4n) is 4.23. The molecule has 1 atom stereocenters. The molecule has 2 N–H and O–H groups in total. The monoisotopic (exact) mass is 463 g/mol. The molecule has 1 unspecified atom stereocenters. The summed E-state index contributed by atoms with van der Waals surface area (Å²) in [7, 11) is 0. The van der Waals surface area contributed by atoms with E-state index in [-0.39, 0.29) is 12.5 Å². The second-order valence-corrected chi connectivity index (χ2v) is 8.86. The van der Waals surface area contributed by atoms with Gasteiger partial charge in [-0.15, -0.1) is 0 Å². The molecule has 0 radical (unpaired) electrons. The Bertz CT molecular complexity index is 1050. The minimum Gasteiger partial charge on any atom is -0.336 e. The quantitative estimate of drug-likeness (QED) is 0.605. The molecule has 2 aromatic rings. The highest BCUT2D eigenvalue weighted by atomic mass is 16.2. The fraction of sp³-hybridized carbons (Fsp3) is 0.360. The van der Waals surface area contributed by atoms with Gasteiger partial charge in [0, 0.05) is 31.7 Å². The van der Waals surface area contributed by atoms with Gasteiger partial charge in [0.1, 0.15) is 5.54 Å². The fourth-order valence-corrected chi connectivity index (χ4v) is 4.23. The van der Waals surface area contributed by atoms with Gasteiger partial charge in [-0.05, 0) is 37.5 Å².